The Hall–Kier alpha value is -4.49. The van der Waals surface area contributed by atoms with Crippen molar-refractivity contribution >= 4 is 69.4 Å². The number of carbonyl (C=O) groups excluding carboxylic acids is 1. The molecule has 0 saturated carbocycles. The summed E-state index contributed by atoms with van der Waals surface area (Å²) in [6.07, 6.45) is 6.17. The summed E-state index contributed by atoms with van der Waals surface area (Å²) in [5.74, 6) is 0.925. The Kier molecular flexibility index (Phi) is 6.95. The highest BCUT2D eigenvalue weighted by atomic mass is 32.1. The standard InChI is InChI=1S/C35H23NO2S3/c37-35-30-5-1-2-6-31(30)38-32(35)22-29-18-20-34(41-29)24-9-13-26(14-10-24)36-25-11-7-23(8-12-25)33-19-17-28(40-33)16-15-27-4-3-21-39-27/h1-22,36H/b16-15+,32-22+. The first-order valence-electron chi connectivity index (χ1n) is 13.1. The lowest BCUT2D eigenvalue weighted by Gasteiger charge is -2.08. The van der Waals surface area contributed by atoms with Crippen LogP contribution in [0.25, 0.3) is 39.1 Å². The second-order valence-corrected chi connectivity index (χ2v) is 12.7. The second kappa shape index (κ2) is 11.2. The highest BCUT2D eigenvalue weighted by molar-refractivity contribution is 7.16. The van der Waals surface area contributed by atoms with Gasteiger partial charge in [0.1, 0.15) is 5.75 Å². The van der Waals surface area contributed by atoms with Gasteiger partial charge in [-0.25, -0.2) is 0 Å². The number of hydrogen-bond donors (Lipinski definition) is 1. The quantitative estimate of drug-likeness (QED) is 0.189. The zero-order chi connectivity index (χ0) is 27.6. The fourth-order valence-corrected chi connectivity index (χ4v) is 7.08. The molecule has 1 N–H and O–H groups in total. The number of nitrogens with one attached hydrogen (secondary N) is 1. The highest BCUT2D eigenvalue weighted by Gasteiger charge is 2.26. The summed E-state index contributed by atoms with van der Waals surface area (Å²) in [6, 6.07) is 37.0. The molecule has 0 aliphatic carbocycles. The van der Waals surface area contributed by atoms with Gasteiger partial charge in [-0.3, -0.25) is 4.79 Å². The number of anilines is 2. The van der Waals surface area contributed by atoms with E-state index in [1.165, 1.54) is 20.2 Å². The second-order valence-electron chi connectivity index (χ2n) is 9.47. The van der Waals surface area contributed by atoms with Crippen molar-refractivity contribution in [1.82, 2.24) is 0 Å². The normalized spacial score (nSPS) is 13.6. The molecule has 0 fully saturated rings. The number of hydrogen-bond acceptors (Lipinski definition) is 6. The lowest BCUT2D eigenvalue weighted by molar-refractivity contribution is 0.101. The van der Waals surface area contributed by atoms with Gasteiger partial charge in [-0.15, -0.1) is 34.0 Å². The molecule has 3 aromatic heterocycles. The van der Waals surface area contributed by atoms with E-state index in [4.69, 9.17) is 4.74 Å². The summed E-state index contributed by atoms with van der Waals surface area (Å²) >= 11 is 5.18. The summed E-state index contributed by atoms with van der Waals surface area (Å²) in [6.45, 7) is 0. The summed E-state index contributed by atoms with van der Waals surface area (Å²) in [5.41, 5.74) is 5.03. The van der Waals surface area contributed by atoms with Crippen LogP contribution in [0.15, 0.2) is 120 Å². The molecular formula is C35H23NO2S3. The third-order valence-corrected chi connectivity index (χ3v) is 9.70. The predicted molar refractivity (Wildman–Crippen MR) is 175 cm³/mol. The average molecular weight is 586 g/mol. The molecule has 0 spiro atoms. The van der Waals surface area contributed by atoms with Crippen molar-refractivity contribution in [1.29, 1.82) is 0 Å². The highest BCUT2D eigenvalue weighted by Crippen LogP contribution is 2.35. The molecule has 0 radical (unpaired) electrons. The number of ketones is 1. The Balaban J connectivity index is 0.992. The molecule has 1 aliphatic rings. The van der Waals surface area contributed by atoms with Crippen LogP contribution in [0, 0.1) is 0 Å². The minimum absolute atomic E-state index is 0.0684. The summed E-state index contributed by atoms with van der Waals surface area (Å²) < 4.78 is 5.77. The maximum Gasteiger partial charge on any atom is 0.231 e. The number of thiophene rings is 3. The largest absolute Gasteiger partial charge is 0.452 e. The lowest BCUT2D eigenvalue weighted by atomic mass is 10.1. The third kappa shape index (κ3) is 5.58. The van der Waals surface area contributed by atoms with Gasteiger partial charge in [0.15, 0.2) is 5.76 Å². The molecule has 1 aliphatic heterocycles. The Morgan fingerprint density at radius 1 is 0.610 bits per heavy atom. The van der Waals surface area contributed by atoms with Crippen molar-refractivity contribution in [3.8, 4) is 26.6 Å². The topological polar surface area (TPSA) is 38.3 Å². The Morgan fingerprint density at radius 2 is 1.24 bits per heavy atom. The fourth-order valence-electron chi connectivity index (χ4n) is 4.60. The first-order valence-corrected chi connectivity index (χ1v) is 15.6. The number of carbonyl (C=O) groups is 1. The first kappa shape index (κ1) is 25.5. The van der Waals surface area contributed by atoms with Gasteiger partial charge < -0.3 is 10.1 Å². The van der Waals surface area contributed by atoms with Crippen molar-refractivity contribution in [2.75, 3.05) is 5.32 Å². The van der Waals surface area contributed by atoms with Crippen molar-refractivity contribution in [2.45, 2.75) is 0 Å². The minimum Gasteiger partial charge on any atom is -0.452 e. The number of rotatable bonds is 7. The smallest absolute Gasteiger partial charge is 0.231 e. The molecule has 4 heterocycles. The third-order valence-electron chi connectivity index (χ3n) is 6.68. The van der Waals surface area contributed by atoms with Crippen molar-refractivity contribution in [3.63, 3.8) is 0 Å². The molecule has 0 bridgehead atoms. The van der Waals surface area contributed by atoms with E-state index in [0.717, 1.165) is 26.7 Å². The molecule has 3 aromatic carbocycles. The van der Waals surface area contributed by atoms with Crippen LogP contribution in [-0.2, 0) is 0 Å². The van der Waals surface area contributed by atoms with E-state index < -0.39 is 0 Å². The van der Waals surface area contributed by atoms with E-state index in [1.54, 1.807) is 40.1 Å². The van der Waals surface area contributed by atoms with Crippen LogP contribution in [0.2, 0.25) is 0 Å². The van der Waals surface area contributed by atoms with Gasteiger partial charge in [-0.2, -0.15) is 0 Å². The molecule has 0 saturated heterocycles. The monoisotopic (exact) mass is 585 g/mol. The number of fused-ring (bicyclic) bond motifs is 1. The van der Waals surface area contributed by atoms with Gasteiger partial charge >= 0.3 is 0 Å². The SMILES string of the molecule is O=C1/C(=C\c2ccc(-c3ccc(Nc4ccc(-c5ccc(/C=C/c6cccs6)s5)cc4)cc3)s2)Oc2ccccc21. The van der Waals surface area contributed by atoms with Crippen LogP contribution in [-0.4, -0.2) is 5.78 Å². The molecule has 41 heavy (non-hydrogen) atoms. The van der Waals surface area contributed by atoms with E-state index >= 15 is 0 Å². The summed E-state index contributed by atoms with van der Waals surface area (Å²) in [7, 11) is 0. The van der Waals surface area contributed by atoms with Crippen molar-refractivity contribution in [2.24, 2.45) is 0 Å². The summed E-state index contributed by atoms with van der Waals surface area (Å²) in [4.78, 5) is 18.5. The van der Waals surface area contributed by atoms with E-state index in [-0.39, 0.29) is 5.78 Å². The Bertz CT molecular complexity index is 1890. The fraction of sp³-hybridized carbons (Fsp3) is 0. The minimum atomic E-state index is -0.0684. The predicted octanol–water partition coefficient (Wildman–Crippen LogP) is 10.7. The van der Waals surface area contributed by atoms with Gasteiger partial charge in [0.25, 0.3) is 0 Å². The van der Waals surface area contributed by atoms with Crippen LogP contribution in [0.3, 0.4) is 0 Å². The van der Waals surface area contributed by atoms with E-state index in [9.17, 15) is 4.79 Å². The van der Waals surface area contributed by atoms with E-state index in [0.29, 0.717) is 17.1 Å². The van der Waals surface area contributed by atoms with Crippen LogP contribution >= 0.6 is 34.0 Å². The number of ether oxygens (including phenoxy) is 1. The van der Waals surface area contributed by atoms with Crippen LogP contribution < -0.4 is 10.1 Å². The van der Waals surface area contributed by atoms with E-state index in [2.05, 4.69) is 102 Å². The van der Waals surface area contributed by atoms with Crippen LogP contribution in [0.5, 0.6) is 5.75 Å². The molecular weight excluding hydrogens is 563 g/mol. The number of allylic oxidation sites excluding steroid dienone is 1. The maximum absolute atomic E-state index is 12.6. The first-order chi connectivity index (χ1) is 20.2. The number of para-hydroxylation sites is 1. The van der Waals surface area contributed by atoms with Gasteiger partial charge in [0, 0.05) is 41.8 Å². The van der Waals surface area contributed by atoms with E-state index in [1.807, 2.05) is 30.3 Å². The molecule has 6 aromatic rings. The molecule has 7 rings (SSSR count). The maximum atomic E-state index is 12.6. The molecule has 0 amide bonds. The van der Waals surface area contributed by atoms with Gasteiger partial charge in [0.05, 0.1) is 5.56 Å². The van der Waals surface area contributed by atoms with Gasteiger partial charge in [-0.05, 0) is 95.4 Å². The van der Waals surface area contributed by atoms with Crippen LogP contribution in [0.4, 0.5) is 11.4 Å². The Labute approximate surface area is 250 Å². The lowest BCUT2D eigenvalue weighted by Crippen LogP contribution is -1.97. The average Bonchev–Trinajstić information content (AvgIpc) is 3.82. The molecule has 198 valence electrons. The summed E-state index contributed by atoms with van der Waals surface area (Å²) in [5, 5.41) is 5.60. The molecule has 3 nitrogen and oxygen atoms in total. The molecule has 0 unspecified atom stereocenters. The zero-order valence-electron chi connectivity index (χ0n) is 21.7. The molecule has 0 atom stereocenters. The van der Waals surface area contributed by atoms with Gasteiger partial charge in [0.2, 0.25) is 5.78 Å². The van der Waals surface area contributed by atoms with Crippen LogP contribution in [0.1, 0.15) is 25.0 Å². The molecule has 6 heteroatoms. The van der Waals surface area contributed by atoms with Crippen molar-refractivity contribution in [3.05, 3.63) is 141 Å². The Morgan fingerprint density at radius 3 is 1.90 bits per heavy atom. The number of benzene rings is 3. The number of Topliss-reactive ketones (excluding diaryl/α,β-unsaturated/α-hetero) is 1. The zero-order valence-corrected chi connectivity index (χ0v) is 24.2. The van der Waals surface area contributed by atoms with Crippen molar-refractivity contribution < 1.29 is 9.53 Å². The van der Waals surface area contributed by atoms with Gasteiger partial charge in [-0.1, -0.05) is 42.5 Å².